The average molecular weight is 175 g/mol. The number of halogens is 2. The van der Waals surface area contributed by atoms with E-state index < -0.39 is 5.82 Å². The summed E-state index contributed by atoms with van der Waals surface area (Å²) >= 11 is 5.48. The van der Waals surface area contributed by atoms with Crippen molar-refractivity contribution in [2.75, 3.05) is 0 Å². The second-order valence-corrected chi connectivity index (χ2v) is 2.76. The van der Waals surface area contributed by atoms with Crippen LogP contribution in [0.15, 0.2) is 12.1 Å². The molecule has 0 aromatic heterocycles. The summed E-state index contributed by atoms with van der Waals surface area (Å²) in [7, 11) is 0. The van der Waals surface area contributed by atoms with E-state index in [0.29, 0.717) is 5.56 Å². The summed E-state index contributed by atoms with van der Waals surface area (Å²) in [5.74, 6) is -0.443. The summed E-state index contributed by atoms with van der Waals surface area (Å²) in [4.78, 5) is 0. The zero-order valence-electron chi connectivity index (χ0n) is 6.06. The molecule has 1 nitrogen and oxygen atoms in total. The highest BCUT2D eigenvalue weighted by Crippen LogP contribution is 2.19. The van der Waals surface area contributed by atoms with Crippen molar-refractivity contribution >= 4 is 11.6 Å². The normalized spacial score (nSPS) is 10.2. The molecule has 0 spiro atoms. The van der Waals surface area contributed by atoms with Gasteiger partial charge in [-0.15, -0.1) is 0 Å². The molecule has 11 heavy (non-hydrogen) atoms. The number of hydrogen-bond acceptors (Lipinski definition) is 1. The molecule has 0 fully saturated rings. The number of rotatable bonds is 1. The van der Waals surface area contributed by atoms with E-state index >= 15 is 0 Å². The Bertz CT molecular complexity index is 273. The molecule has 3 heteroatoms. The van der Waals surface area contributed by atoms with E-state index in [9.17, 15) is 4.39 Å². The van der Waals surface area contributed by atoms with Gasteiger partial charge in [0.25, 0.3) is 0 Å². The SMILES string of the molecule is Cc1cc(F)c(Cl)cc1CO. The Hall–Kier alpha value is -0.600. The fraction of sp³-hybridized carbons (Fsp3) is 0.250. The van der Waals surface area contributed by atoms with E-state index in [2.05, 4.69) is 0 Å². The van der Waals surface area contributed by atoms with Crippen LogP contribution in [-0.4, -0.2) is 5.11 Å². The molecule has 0 amide bonds. The second kappa shape index (κ2) is 3.20. The van der Waals surface area contributed by atoms with Gasteiger partial charge in [0.15, 0.2) is 0 Å². The van der Waals surface area contributed by atoms with E-state index in [-0.39, 0.29) is 11.6 Å². The molecule has 0 atom stereocenters. The maximum absolute atomic E-state index is 12.7. The van der Waals surface area contributed by atoms with Gasteiger partial charge in [-0.05, 0) is 30.2 Å². The molecule has 0 aliphatic rings. The summed E-state index contributed by atoms with van der Waals surface area (Å²) in [6.45, 7) is 1.62. The van der Waals surface area contributed by atoms with Crippen molar-refractivity contribution in [3.63, 3.8) is 0 Å². The average Bonchev–Trinajstić information content (AvgIpc) is 1.97. The molecule has 0 aliphatic carbocycles. The van der Waals surface area contributed by atoms with Crippen LogP contribution in [-0.2, 0) is 6.61 Å². The lowest BCUT2D eigenvalue weighted by atomic mass is 10.1. The maximum Gasteiger partial charge on any atom is 0.142 e. The highest BCUT2D eigenvalue weighted by molar-refractivity contribution is 6.30. The Labute approximate surface area is 69.4 Å². The van der Waals surface area contributed by atoms with Gasteiger partial charge in [0, 0.05) is 0 Å². The molecule has 0 aliphatic heterocycles. The van der Waals surface area contributed by atoms with Crippen molar-refractivity contribution in [2.24, 2.45) is 0 Å². The van der Waals surface area contributed by atoms with Gasteiger partial charge >= 0.3 is 0 Å². The van der Waals surface area contributed by atoms with Gasteiger partial charge in [-0.1, -0.05) is 11.6 Å². The monoisotopic (exact) mass is 174 g/mol. The maximum atomic E-state index is 12.7. The molecule has 1 aromatic carbocycles. The van der Waals surface area contributed by atoms with Gasteiger partial charge in [0.1, 0.15) is 5.82 Å². The third kappa shape index (κ3) is 1.70. The molecule has 1 rings (SSSR count). The highest BCUT2D eigenvalue weighted by Gasteiger charge is 2.03. The van der Waals surface area contributed by atoms with Crippen LogP contribution in [0.3, 0.4) is 0 Å². The second-order valence-electron chi connectivity index (χ2n) is 2.35. The Kier molecular flexibility index (Phi) is 2.47. The van der Waals surface area contributed by atoms with E-state index in [1.54, 1.807) is 6.92 Å². The van der Waals surface area contributed by atoms with E-state index in [0.717, 1.165) is 5.56 Å². The largest absolute Gasteiger partial charge is 0.392 e. The molecule has 0 saturated heterocycles. The minimum Gasteiger partial charge on any atom is -0.392 e. The first-order chi connectivity index (χ1) is 5.15. The van der Waals surface area contributed by atoms with Gasteiger partial charge in [-0.3, -0.25) is 0 Å². The summed E-state index contributed by atoms with van der Waals surface area (Å²) in [5.41, 5.74) is 1.38. The lowest BCUT2D eigenvalue weighted by Gasteiger charge is -2.02. The van der Waals surface area contributed by atoms with Crippen LogP contribution in [0.25, 0.3) is 0 Å². The molecule has 1 N–H and O–H groups in total. The van der Waals surface area contributed by atoms with Crippen LogP contribution < -0.4 is 0 Å². The molecule has 0 heterocycles. The van der Waals surface area contributed by atoms with Crippen LogP contribution >= 0.6 is 11.6 Å². The van der Waals surface area contributed by atoms with Crippen molar-refractivity contribution in [1.82, 2.24) is 0 Å². The molecular formula is C8H8ClFO. The first-order valence-electron chi connectivity index (χ1n) is 3.20. The number of hydrogen-bond donors (Lipinski definition) is 1. The number of aliphatic hydroxyl groups excluding tert-OH is 1. The zero-order chi connectivity index (χ0) is 8.43. The van der Waals surface area contributed by atoms with Crippen LogP contribution in [0.1, 0.15) is 11.1 Å². The lowest BCUT2D eigenvalue weighted by molar-refractivity contribution is 0.281. The van der Waals surface area contributed by atoms with Crippen LogP contribution in [0.2, 0.25) is 5.02 Å². The molecule has 0 unspecified atom stereocenters. The minimum absolute atomic E-state index is 0.0552. The summed E-state index contributed by atoms with van der Waals surface area (Å²) < 4.78 is 12.7. The Morgan fingerprint density at radius 3 is 2.73 bits per heavy atom. The first-order valence-corrected chi connectivity index (χ1v) is 3.58. The molecule has 0 radical (unpaired) electrons. The van der Waals surface area contributed by atoms with Gasteiger partial charge in [-0.2, -0.15) is 0 Å². The van der Waals surface area contributed by atoms with Crippen molar-refractivity contribution in [3.05, 3.63) is 34.1 Å². The third-order valence-corrected chi connectivity index (χ3v) is 1.84. The zero-order valence-corrected chi connectivity index (χ0v) is 6.82. The molecule has 0 bridgehead atoms. The minimum atomic E-state index is -0.443. The van der Waals surface area contributed by atoms with Gasteiger partial charge in [-0.25, -0.2) is 4.39 Å². The Balaban J connectivity index is 3.21. The van der Waals surface area contributed by atoms with Crippen LogP contribution in [0.5, 0.6) is 0 Å². The van der Waals surface area contributed by atoms with Gasteiger partial charge in [0.2, 0.25) is 0 Å². The molecular weight excluding hydrogens is 167 g/mol. The molecule has 1 aromatic rings. The lowest BCUT2D eigenvalue weighted by Crippen LogP contribution is -1.90. The topological polar surface area (TPSA) is 20.2 Å². The summed E-state index contributed by atoms with van der Waals surface area (Å²) in [5, 5.41) is 8.81. The van der Waals surface area contributed by atoms with Gasteiger partial charge < -0.3 is 5.11 Å². The number of aryl methyl sites for hydroxylation is 1. The number of aliphatic hydroxyl groups is 1. The van der Waals surface area contributed by atoms with Crippen molar-refractivity contribution < 1.29 is 9.50 Å². The Morgan fingerprint density at radius 2 is 2.18 bits per heavy atom. The number of benzene rings is 1. The Morgan fingerprint density at radius 1 is 1.55 bits per heavy atom. The fourth-order valence-corrected chi connectivity index (χ4v) is 1.04. The van der Waals surface area contributed by atoms with Crippen molar-refractivity contribution in [2.45, 2.75) is 13.5 Å². The first kappa shape index (κ1) is 8.50. The van der Waals surface area contributed by atoms with E-state index in [1.165, 1.54) is 12.1 Å². The van der Waals surface area contributed by atoms with Crippen LogP contribution in [0, 0.1) is 12.7 Å². The standard InChI is InChI=1S/C8H8ClFO/c1-5-2-8(10)7(9)3-6(5)4-11/h2-3,11H,4H2,1H3. The predicted molar refractivity (Wildman–Crippen MR) is 42.1 cm³/mol. The van der Waals surface area contributed by atoms with Crippen molar-refractivity contribution in [3.8, 4) is 0 Å². The van der Waals surface area contributed by atoms with E-state index in [1.807, 2.05) is 0 Å². The smallest absolute Gasteiger partial charge is 0.142 e. The van der Waals surface area contributed by atoms with E-state index in [4.69, 9.17) is 16.7 Å². The quantitative estimate of drug-likeness (QED) is 0.693. The van der Waals surface area contributed by atoms with Crippen molar-refractivity contribution in [1.29, 1.82) is 0 Å². The molecule has 60 valence electrons. The highest BCUT2D eigenvalue weighted by atomic mass is 35.5. The summed E-state index contributed by atoms with van der Waals surface area (Å²) in [6, 6.07) is 2.75. The summed E-state index contributed by atoms with van der Waals surface area (Å²) in [6.07, 6.45) is 0. The van der Waals surface area contributed by atoms with Crippen LogP contribution in [0.4, 0.5) is 4.39 Å². The molecule has 0 saturated carbocycles. The van der Waals surface area contributed by atoms with Gasteiger partial charge in [0.05, 0.1) is 11.6 Å². The fourth-order valence-electron chi connectivity index (χ4n) is 0.858. The third-order valence-electron chi connectivity index (χ3n) is 1.55. The predicted octanol–water partition coefficient (Wildman–Crippen LogP) is 2.28.